The Morgan fingerprint density at radius 1 is 1.06 bits per heavy atom. The molecule has 10 heteroatoms. The highest BCUT2D eigenvalue weighted by Crippen LogP contribution is 2.41. The highest BCUT2D eigenvalue weighted by Gasteiger charge is 2.55. The van der Waals surface area contributed by atoms with Gasteiger partial charge in [-0.1, -0.05) is 24.3 Å². The molecule has 2 aromatic rings. The van der Waals surface area contributed by atoms with Crippen LogP contribution < -0.4 is 25.4 Å². The van der Waals surface area contributed by atoms with E-state index < -0.39 is 36.0 Å². The number of aryl methyl sites for hydroxylation is 1. The maximum Gasteiger partial charge on any atom is 0.325 e. The summed E-state index contributed by atoms with van der Waals surface area (Å²) in [5.74, 6) is -0.298. The molecule has 10 nitrogen and oxygen atoms in total. The van der Waals surface area contributed by atoms with E-state index in [9.17, 15) is 19.2 Å². The Hall–Kier alpha value is -4.08. The van der Waals surface area contributed by atoms with Crippen LogP contribution in [0.1, 0.15) is 31.4 Å². The van der Waals surface area contributed by atoms with Crippen LogP contribution in [-0.2, 0) is 21.5 Å². The number of imide groups is 2. The van der Waals surface area contributed by atoms with Gasteiger partial charge in [0.2, 0.25) is 5.91 Å². The summed E-state index contributed by atoms with van der Waals surface area (Å²) in [6.07, 6.45) is 1.08. The van der Waals surface area contributed by atoms with Gasteiger partial charge in [-0.25, -0.2) is 9.59 Å². The minimum absolute atomic E-state index is 0.383. The molecule has 3 N–H and O–H groups in total. The number of carbonyl (C=O) groups is 4. The smallest absolute Gasteiger partial charge is 0.325 e. The number of hydrogen-bond donors (Lipinski definition) is 3. The van der Waals surface area contributed by atoms with E-state index in [2.05, 4.69) is 16.0 Å². The monoisotopic (exact) mass is 466 g/mol. The van der Waals surface area contributed by atoms with Crippen molar-refractivity contribution >= 4 is 29.6 Å². The van der Waals surface area contributed by atoms with Gasteiger partial charge in [-0.3, -0.25) is 19.8 Å². The van der Waals surface area contributed by atoms with Crippen molar-refractivity contribution in [2.75, 3.05) is 25.1 Å². The van der Waals surface area contributed by atoms with Gasteiger partial charge in [-0.2, -0.15) is 0 Å². The van der Waals surface area contributed by atoms with Crippen LogP contribution in [-0.4, -0.2) is 48.5 Å². The highest BCUT2D eigenvalue weighted by molar-refractivity contribution is 6.11. The molecule has 0 saturated carbocycles. The van der Waals surface area contributed by atoms with Crippen LogP contribution in [0.25, 0.3) is 0 Å². The number of fused-ring (bicyclic) bond motifs is 2. The topological polar surface area (TPSA) is 126 Å². The fourth-order valence-electron chi connectivity index (χ4n) is 4.33. The summed E-state index contributed by atoms with van der Waals surface area (Å²) in [5, 5.41) is 7.44. The van der Waals surface area contributed by atoms with Crippen molar-refractivity contribution in [3.63, 3.8) is 0 Å². The van der Waals surface area contributed by atoms with E-state index in [1.54, 1.807) is 18.2 Å². The Morgan fingerprint density at radius 2 is 1.79 bits per heavy atom. The number of carbonyl (C=O) groups excluding carboxylic acids is 4. The fourth-order valence-corrected chi connectivity index (χ4v) is 4.33. The molecule has 2 aliphatic rings. The number of amides is 6. The van der Waals surface area contributed by atoms with Crippen molar-refractivity contribution in [3.8, 4) is 11.5 Å². The molecule has 0 radical (unpaired) electrons. The lowest BCUT2D eigenvalue weighted by atomic mass is 9.92. The van der Waals surface area contributed by atoms with E-state index in [0.29, 0.717) is 43.2 Å². The zero-order valence-electron chi connectivity index (χ0n) is 19.0. The van der Waals surface area contributed by atoms with Crippen LogP contribution in [0.15, 0.2) is 42.5 Å². The van der Waals surface area contributed by atoms with Gasteiger partial charge in [0, 0.05) is 11.8 Å². The van der Waals surface area contributed by atoms with Crippen LogP contribution >= 0.6 is 0 Å². The van der Waals surface area contributed by atoms with Crippen molar-refractivity contribution in [2.45, 2.75) is 32.2 Å². The average molecular weight is 466 g/mol. The Kier molecular flexibility index (Phi) is 6.40. The Balaban J connectivity index is 1.39. The third-order valence-electron chi connectivity index (χ3n) is 5.78. The minimum atomic E-state index is -1.16. The largest absolute Gasteiger partial charge is 0.490 e. The molecule has 34 heavy (non-hydrogen) atoms. The molecule has 0 bridgehead atoms. The van der Waals surface area contributed by atoms with E-state index in [4.69, 9.17) is 9.47 Å². The highest BCUT2D eigenvalue weighted by atomic mass is 16.5. The SMILES string of the molecule is CCOc1ccc(NC(=O)NC(=O)CN2C(=O)N[C@@]3(CCc4ccccc43)C2=O)cc1OCC. The summed E-state index contributed by atoms with van der Waals surface area (Å²) in [7, 11) is 0. The number of benzene rings is 2. The van der Waals surface area contributed by atoms with Crippen LogP contribution in [0, 0.1) is 0 Å². The number of nitrogens with zero attached hydrogens (tertiary/aromatic N) is 1. The van der Waals surface area contributed by atoms with Gasteiger partial charge in [-0.05, 0) is 49.9 Å². The summed E-state index contributed by atoms with van der Waals surface area (Å²) < 4.78 is 11.0. The van der Waals surface area contributed by atoms with Gasteiger partial charge >= 0.3 is 12.1 Å². The van der Waals surface area contributed by atoms with Crippen molar-refractivity contribution in [2.24, 2.45) is 0 Å². The number of anilines is 1. The lowest BCUT2D eigenvalue weighted by molar-refractivity contribution is -0.135. The number of hydrogen-bond acceptors (Lipinski definition) is 6. The van der Waals surface area contributed by atoms with Crippen molar-refractivity contribution < 1.29 is 28.7 Å². The second-order valence-electron chi connectivity index (χ2n) is 7.91. The number of urea groups is 2. The van der Waals surface area contributed by atoms with Crippen molar-refractivity contribution in [1.29, 1.82) is 0 Å². The van der Waals surface area contributed by atoms with Crippen LogP contribution in [0.2, 0.25) is 0 Å². The molecule has 1 aliphatic carbocycles. The molecule has 6 amide bonds. The standard InChI is InChI=1S/C24H26N4O6/c1-3-33-18-10-9-16(13-19(18)34-4-2)25-22(31)26-20(29)14-28-21(30)24(27-23(28)32)12-11-15-7-5-6-8-17(15)24/h5-10,13H,3-4,11-12,14H2,1-2H3,(H,27,32)(H2,25,26,29,31)/t24-/m1/s1. The van der Waals surface area contributed by atoms with E-state index in [1.165, 1.54) is 0 Å². The number of ether oxygens (including phenoxy) is 2. The molecular weight excluding hydrogens is 440 g/mol. The van der Waals surface area contributed by atoms with Crippen LogP contribution in [0.3, 0.4) is 0 Å². The molecule has 4 rings (SSSR count). The fraction of sp³-hybridized carbons (Fsp3) is 0.333. The molecule has 1 spiro atoms. The van der Waals surface area contributed by atoms with E-state index in [-0.39, 0.29) is 0 Å². The number of nitrogens with one attached hydrogen (secondary N) is 3. The summed E-state index contributed by atoms with van der Waals surface area (Å²) in [4.78, 5) is 51.3. The van der Waals surface area contributed by atoms with E-state index in [1.807, 2.05) is 38.1 Å². The Morgan fingerprint density at radius 3 is 2.56 bits per heavy atom. The summed E-state index contributed by atoms with van der Waals surface area (Å²) in [5.41, 5.74) is 0.959. The predicted molar refractivity (Wildman–Crippen MR) is 123 cm³/mol. The quantitative estimate of drug-likeness (QED) is 0.539. The Bertz CT molecular complexity index is 1150. The molecule has 0 aromatic heterocycles. The lowest BCUT2D eigenvalue weighted by Crippen LogP contribution is -2.45. The average Bonchev–Trinajstić information content (AvgIpc) is 3.29. The van der Waals surface area contributed by atoms with E-state index in [0.717, 1.165) is 16.0 Å². The molecular formula is C24H26N4O6. The van der Waals surface area contributed by atoms with Crippen LogP contribution in [0.4, 0.5) is 15.3 Å². The Labute approximate surface area is 196 Å². The molecule has 1 saturated heterocycles. The molecule has 1 aliphatic heterocycles. The molecule has 1 atom stereocenters. The molecule has 1 fully saturated rings. The zero-order chi connectivity index (χ0) is 24.3. The molecule has 178 valence electrons. The predicted octanol–water partition coefficient (Wildman–Crippen LogP) is 2.53. The number of rotatable bonds is 7. The van der Waals surface area contributed by atoms with Gasteiger partial charge in [0.15, 0.2) is 11.5 Å². The van der Waals surface area contributed by atoms with Gasteiger partial charge in [0.25, 0.3) is 5.91 Å². The second kappa shape index (κ2) is 9.42. The lowest BCUT2D eigenvalue weighted by Gasteiger charge is -2.22. The molecule has 1 heterocycles. The van der Waals surface area contributed by atoms with Crippen molar-refractivity contribution in [1.82, 2.24) is 15.5 Å². The van der Waals surface area contributed by atoms with Gasteiger partial charge < -0.3 is 20.1 Å². The summed E-state index contributed by atoms with van der Waals surface area (Å²) in [6.45, 7) is 3.96. The third kappa shape index (κ3) is 4.26. The molecule has 0 unspecified atom stereocenters. The maximum absolute atomic E-state index is 13.1. The van der Waals surface area contributed by atoms with Gasteiger partial charge in [0.1, 0.15) is 12.1 Å². The normalized spacial score (nSPS) is 18.5. The van der Waals surface area contributed by atoms with E-state index >= 15 is 0 Å². The van der Waals surface area contributed by atoms with Gasteiger partial charge in [-0.15, -0.1) is 0 Å². The summed E-state index contributed by atoms with van der Waals surface area (Å²) >= 11 is 0. The first-order valence-electron chi connectivity index (χ1n) is 11.1. The zero-order valence-corrected chi connectivity index (χ0v) is 19.0. The van der Waals surface area contributed by atoms with Crippen LogP contribution in [0.5, 0.6) is 11.5 Å². The first kappa shape index (κ1) is 23.1. The molecule has 2 aromatic carbocycles. The second-order valence-corrected chi connectivity index (χ2v) is 7.91. The van der Waals surface area contributed by atoms with Crippen molar-refractivity contribution in [3.05, 3.63) is 53.6 Å². The summed E-state index contributed by atoms with van der Waals surface area (Å²) in [6, 6.07) is 10.8. The minimum Gasteiger partial charge on any atom is -0.490 e. The van der Waals surface area contributed by atoms with Gasteiger partial charge in [0.05, 0.1) is 13.2 Å². The maximum atomic E-state index is 13.1. The first-order chi connectivity index (χ1) is 16.4. The first-order valence-corrected chi connectivity index (χ1v) is 11.1. The third-order valence-corrected chi connectivity index (χ3v) is 5.78.